The lowest BCUT2D eigenvalue weighted by molar-refractivity contribution is 0.103. The number of benzene rings is 1. The van der Waals surface area contributed by atoms with E-state index in [1.807, 2.05) is 38.3 Å². The number of carbonyl (C=O) groups excluding carboxylic acids is 1. The highest BCUT2D eigenvalue weighted by atomic mass is 32.2. The van der Waals surface area contributed by atoms with Gasteiger partial charge in [-0.15, -0.1) is 11.3 Å². The SMILES string of the molecule is CCN(CC)S(=O)(=O)c1ccc(N2CCCCC2)c(NC(=O)c2sccc2C)c1. The number of sulfonamides is 1. The van der Waals surface area contributed by atoms with Crippen molar-refractivity contribution in [2.75, 3.05) is 36.4 Å². The molecule has 8 heteroatoms. The Morgan fingerprint density at radius 1 is 1.14 bits per heavy atom. The molecule has 2 heterocycles. The fourth-order valence-electron chi connectivity index (χ4n) is 3.68. The topological polar surface area (TPSA) is 69.7 Å². The monoisotopic (exact) mass is 435 g/mol. The molecule has 0 bridgehead atoms. The standard InChI is InChI=1S/C21H29N3O3S2/c1-4-24(5-2)29(26,27)17-9-10-19(23-12-7-6-8-13-23)18(15-17)22-21(25)20-16(3)11-14-28-20/h9-11,14-15H,4-8,12-13H2,1-3H3,(H,22,25). The number of thiophene rings is 1. The molecule has 1 saturated heterocycles. The van der Waals surface area contributed by atoms with Crippen molar-refractivity contribution in [3.63, 3.8) is 0 Å². The smallest absolute Gasteiger partial charge is 0.266 e. The summed E-state index contributed by atoms with van der Waals surface area (Å²) in [6.45, 7) is 8.17. The first-order valence-electron chi connectivity index (χ1n) is 10.1. The number of carbonyl (C=O) groups is 1. The van der Waals surface area contributed by atoms with Crippen LogP contribution in [0.2, 0.25) is 0 Å². The average molecular weight is 436 g/mol. The quantitative estimate of drug-likeness (QED) is 0.703. The van der Waals surface area contributed by atoms with Crippen LogP contribution in [0.5, 0.6) is 0 Å². The molecule has 0 unspecified atom stereocenters. The molecule has 1 aliphatic rings. The summed E-state index contributed by atoms with van der Waals surface area (Å²) < 4.78 is 27.4. The van der Waals surface area contributed by atoms with Gasteiger partial charge in [0.1, 0.15) is 0 Å². The predicted octanol–water partition coefficient (Wildman–Crippen LogP) is 4.33. The van der Waals surface area contributed by atoms with E-state index in [0.717, 1.165) is 37.2 Å². The molecule has 29 heavy (non-hydrogen) atoms. The van der Waals surface area contributed by atoms with Crippen LogP contribution in [0.15, 0.2) is 34.5 Å². The highest BCUT2D eigenvalue weighted by Gasteiger charge is 2.25. The molecule has 0 spiro atoms. The van der Waals surface area contributed by atoms with E-state index in [-0.39, 0.29) is 10.8 Å². The predicted molar refractivity (Wildman–Crippen MR) is 120 cm³/mol. The van der Waals surface area contributed by atoms with Gasteiger partial charge in [0.05, 0.1) is 21.1 Å². The second kappa shape index (κ2) is 9.28. The van der Waals surface area contributed by atoms with E-state index in [9.17, 15) is 13.2 Å². The highest BCUT2D eigenvalue weighted by Crippen LogP contribution is 2.33. The molecular weight excluding hydrogens is 406 g/mol. The Morgan fingerprint density at radius 2 is 1.83 bits per heavy atom. The van der Waals surface area contributed by atoms with Gasteiger partial charge in [0.25, 0.3) is 5.91 Å². The van der Waals surface area contributed by atoms with E-state index < -0.39 is 10.0 Å². The van der Waals surface area contributed by atoms with Crippen molar-refractivity contribution >= 4 is 38.6 Å². The molecule has 1 amide bonds. The van der Waals surface area contributed by atoms with E-state index in [4.69, 9.17) is 0 Å². The van der Waals surface area contributed by atoms with Crippen molar-refractivity contribution in [2.45, 2.75) is 44.9 Å². The summed E-state index contributed by atoms with van der Waals surface area (Å²) in [4.78, 5) is 15.9. The number of amides is 1. The number of nitrogens with one attached hydrogen (secondary N) is 1. The zero-order chi connectivity index (χ0) is 21.0. The Bertz CT molecular complexity index is 959. The van der Waals surface area contributed by atoms with Gasteiger partial charge in [-0.1, -0.05) is 13.8 Å². The van der Waals surface area contributed by atoms with Gasteiger partial charge in [-0.05, 0) is 61.4 Å². The summed E-state index contributed by atoms with van der Waals surface area (Å²) in [5, 5.41) is 4.87. The first-order chi connectivity index (χ1) is 13.9. The molecule has 0 atom stereocenters. The lowest BCUT2D eigenvalue weighted by atomic mass is 10.1. The maximum Gasteiger partial charge on any atom is 0.266 e. The summed E-state index contributed by atoms with van der Waals surface area (Å²) in [7, 11) is -3.60. The van der Waals surface area contributed by atoms with E-state index in [1.54, 1.807) is 12.1 Å². The van der Waals surface area contributed by atoms with Crippen LogP contribution < -0.4 is 10.2 Å². The summed E-state index contributed by atoms with van der Waals surface area (Å²) in [5.74, 6) is -0.201. The maximum absolute atomic E-state index is 13.0. The first kappa shape index (κ1) is 21.8. The fraction of sp³-hybridized carbons (Fsp3) is 0.476. The van der Waals surface area contributed by atoms with Crippen LogP contribution in [0.1, 0.15) is 48.3 Å². The lowest BCUT2D eigenvalue weighted by Crippen LogP contribution is -2.32. The molecule has 3 rings (SSSR count). The van der Waals surface area contributed by atoms with Crippen LogP contribution in [-0.2, 0) is 10.0 Å². The number of piperidine rings is 1. The average Bonchev–Trinajstić information content (AvgIpc) is 3.15. The van der Waals surface area contributed by atoms with Gasteiger partial charge < -0.3 is 10.2 Å². The third-order valence-corrected chi connectivity index (χ3v) is 8.39. The maximum atomic E-state index is 13.0. The lowest BCUT2D eigenvalue weighted by Gasteiger charge is -2.31. The van der Waals surface area contributed by atoms with Crippen LogP contribution in [0.3, 0.4) is 0 Å². The number of hydrogen-bond acceptors (Lipinski definition) is 5. The van der Waals surface area contributed by atoms with Crippen molar-refractivity contribution < 1.29 is 13.2 Å². The first-order valence-corrected chi connectivity index (χ1v) is 12.4. The normalized spacial score (nSPS) is 15.0. The van der Waals surface area contributed by atoms with Crippen LogP contribution in [0.25, 0.3) is 0 Å². The molecule has 1 aromatic heterocycles. The van der Waals surface area contributed by atoms with Crippen LogP contribution in [0.4, 0.5) is 11.4 Å². The van der Waals surface area contributed by atoms with Crippen molar-refractivity contribution in [1.82, 2.24) is 4.31 Å². The Morgan fingerprint density at radius 3 is 2.41 bits per heavy atom. The molecule has 0 radical (unpaired) electrons. The molecule has 1 N–H and O–H groups in total. The highest BCUT2D eigenvalue weighted by molar-refractivity contribution is 7.89. The van der Waals surface area contributed by atoms with Crippen molar-refractivity contribution in [3.8, 4) is 0 Å². The van der Waals surface area contributed by atoms with Crippen LogP contribution >= 0.6 is 11.3 Å². The number of anilines is 2. The summed E-state index contributed by atoms with van der Waals surface area (Å²) in [6, 6.07) is 7.01. The van der Waals surface area contributed by atoms with Gasteiger partial charge in [0.15, 0.2) is 0 Å². The molecule has 158 valence electrons. The Hall–Kier alpha value is -1.90. The Balaban J connectivity index is 2.01. The second-order valence-corrected chi connectivity index (χ2v) is 10.1. The number of rotatable bonds is 7. The summed E-state index contributed by atoms with van der Waals surface area (Å²) in [6.07, 6.45) is 3.38. The minimum Gasteiger partial charge on any atom is -0.370 e. The van der Waals surface area contributed by atoms with Gasteiger partial charge in [-0.25, -0.2) is 8.42 Å². The zero-order valence-corrected chi connectivity index (χ0v) is 18.9. The summed E-state index contributed by atoms with van der Waals surface area (Å²) in [5.41, 5.74) is 2.35. The van der Waals surface area contributed by atoms with Gasteiger partial charge in [0, 0.05) is 26.2 Å². The number of aryl methyl sites for hydroxylation is 1. The molecule has 6 nitrogen and oxygen atoms in total. The Labute approximate surface area is 177 Å². The van der Waals surface area contributed by atoms with Crippen molar-refractivity contribution in [3.05, 3.63) is 40.1 Å². The Kier molecular flexibility index (Phi) is 6.97. The van der Waals surface area contributed by atoms with Gasteiger partial charge in [0.2, 0.25) is 10.0 Å². The third-order valence-electron chi connectivity index (χ3n) is 5.32. The molecule has 0 aliphatic carbocycles. The van der Waals surface area contributed by atoms with Gasteiger partial charge in [-0.3, -0.25) is 4.79 Å². The van der Waals surface area contributed by atoms with E-state index in [1.165, 1.54) is 22.1 Å². The molecule has 1 aliphatic heterocycles. The largest absolute Gasteiger partial charge is 0.370 e. The fourth-order valence-corrected chi connectivity index (χ4v) is 5.99. The zero-order valence-electron chi connectivity index (χ0n) is 17.3. The second-order valence-electron chi connectivity index (χ2n) is 7.20. The summed E-state index contributed by atoms with van der Waals surface area (Å²) >= 11 is 1.39. The van der Waals surface area contributed by atoms with Crippen LogP contribution in [0, 0.1) is 6.92 Å². The van der Waals surface area contributed by atoms with Gasteiger partial charge in [-0.2, -0.15) is 4.31 Å². The van der Waals surface area contributed by atoms with Crippen molar-refractivity contribution in [1.29, 1.82) is 0 Å². The molecule has 0 saturated carbocycles. The molecule has 2 aromatic rings. The molecular formula is C21H29N3O3S2. The van der Waals surface area contributed by atoms with E-state index in [0.29, 0.717) is 23.7 Å². The third kappa shape index (κ3) is 4.65. The minimum atomic E-state index is -3.60. The number of nitrogens with zero attached hydrogens (tertiary/aromatic N) is 2. The van der Waals surface area contributed by atoms with Crippen LogP contribution in [-0.4, -0.2) is 44.8 Å². The van der Waals surface area contributed by atoms with E-state index >= 15 is 0 Å². The molecule has 1 aromatic carbocycles. The van der Waals surface area contributed by atoms with E-state index in [2.05, 4.69) is 10.2 Å². The number of hydrogen-bond donors (Lipinski definition) is 1. The van der Waals surface area contributed by atoms with Crippen molar-refractivity contribution in [2.24, 2.45) is 0 Å². The van der Waals surface area contributed by atoms with Gasteiger partial charge >= 0.3 is 0 Å². The minimum absolute atomic E-state index is 0.201. The molecule has 1 fully saturated rings.